The van der Waals surface area contributed by atoms with E-state index in [-0.39, 0.29) is 17.7 Å². The van der Waals surface area contributed by atoms with Crippen LogP contribution in [0, 0.1) is 11.8 Å². The number of rotatable bonds is 10. The summed E-state index contributed by atoms with van der Waals surface area (Å²) >= 11 is 0. The fraction of sp³-hybridized carbons (Fsp3) is 0.692. The maximum Gasteiger partial charge on any atom is 0.226 e. The maximum atomic E-state index is 13.5. The van der Waals surface area contributed by atoms with Gasteiger partial charge in [-0.1, -0.05) is 47.0 Å². The lowest BCUT2D eigenvalue weighted by atomic mass is 9.91. The Bertz CT molecular complexity index is 719. The number of hydrogen-bond acceptors (Lipinski definition) is 3. The lowest BCUT2D eigenvalue weighted by Crippen LogP contribution is -2.44. The smallest absolute Gasteiger partial charge is 0.226 e. The van der Waals surface area contributed by atoms with E-state index in [2.05, 4.69) is 41.1 Å². The molecule has 0 bridgehead atoms. The van der Waals surface area contributed by atoms with Crippen LogP contribution in [0.4, 0.5) is 11.4 Å². The summed E-state index contributed by atoms with van der Waals surface area (Å²) in [5.41, 5.74) is 3.00. The van der Waals surface area contributed by atoms with Gasteiger partial charge in [0.05, 0.1) is 0 Å². The quantitative estimate of drug-likeness (QED) is 0.509. The number of carbonyl (C=O) groups is 2. The van der Waals surface area contributed by atoms with Crippen LogP contribution >= 0.6 is 0 Å². The maximum absolute atomic E-state index is 13.5. The summed E-state index contributed by atoms with van der Waals surface area (Å²) < 4.78 is 0. The summed E-state index contributed by atoms with van der Waals surface area (Å²) in [6, 6.07) is 6.39. The first-order valence-electron chi connectivity index (χ1n) is 12.2. The third kappa shape index (κ3) is 7.26. The second kappa shape index (κ2) is 12.1. The molecule has 1 saturated carbocycles. The second-order valence-electron chi connectivity index (χ2n) is 9.66. The number of hydrogen-bond donors (Lipinski definition) is 1. The average molecular weight is 430 g/mol. The molecule has 0 radical (unpaired) electrons. The molecule has 174 valence electrons. The Morgan fingerprint density at radius 2 is 1.71 bits per heavy atom. The topological polar surface area (TPSA) is 52.7 Å². The van der Waals surface area contributed by atoms with Crippen LogP contribution in [0.1, 0.15) is 84.6 Å². The van der Waals surface area contributed by atoms with E-state index < -0.39 is 0 Å². The second-order valence-corrected chi connectivity index (χ2v) is 9.66. The van der Waals surface area contributed by atoms with Crippen molar-refractivity contribution in [1.82, 2.24) is 4.90 Å². The fourth-order valence-corrected chi connectivity index (χ4v) is 4.64. The van der Waals surface area contributed by atoms with E-state index in [4.69, 9.17) is 0 Å². The van der Waals surface area contributed by atoms with Gasteiger partial charge in [0, 0.05) is 50.4 Å². The van der Waals surface area contributed by atoms with Crippen LogP contribution in [-0.2, 0) is 16.1 Å². The third-order valence-corrected chi connectivity index (χ3v) is 6.41. The zero-order valence-corrected chi connectivity index (χ0v) is 20.5. The highest BCUT2D eigenvalue weighted by molar-refractivity contribution is 5.91. The number of nitrogens with one attached hydrogen (secondary N) is 1. The Balaban J connectivity index is 2.34. The molecule has 1 fully saturated rings. The van der Waals surface area contributed by atoms with Crippen molar-refractivity contribution < 1.29 is 9.59 Å². The number of nitrogens with zero attached hydrogens (tertiary/aromatic N) is 2. The lowest BCUT2D eigenvalue weighted by Gasteiger charge is -2.37. The van der Waals surface area contributed by atoms with Crippen LogP contribution < -0.4 is 10.2 Å². The van der Waals surface area contributed by atoms with Crippen molar-refractivity contribution in [3.8, 4) is 0 Å². The summed E-state index contributed by atoms with van der Waals surface area (Å²) in [5.74, 6) is 0.727. The molecule has 0 spiro atoms. The molecule has 1 aliphatic rings. The van der Waals surface area contributed by atoms with Crippen LogP contribution in [0.15, 0.2) is 18.2 Å². The molecule has 31 heavy (non-hydrogen) atoms. The van der Waals surface area contributed by atoms with E-state index in [1.165, 1.54) is 19.3 Å². The molecule has 0 atom stereocenters. The molecule has 1 N–H and O–H groups in total. The van der Waals surface area contributed by atoms with Crippen molar-refractivity contribution in [2.24, 2.45) is 11.8 Å². The number of anilines is 2. The number of amides is 2. The van der Waals surface area contributed by atoms with Gasteiger partial charge in [-0.15, -0.1) is 0 Å². The van der Waals surface area contributed by atoms with Gasteiger partial charge in [-0.3, -0.25) is 9.59 Å². The Morgan fingerprint density at radius 1 is 1.06 bits per heavy atom. The molecular formula is C26H43N3O2. The van der Waals surface area contributed by atoms with Crippen molar-refractivity contribution in [1.29, 1.82) is 0 Å². The summed E-state index contributed by atoms with van der Waals surface area (Å²) in [4.78, 5) is 30.1. The third-order valence-electron chi connectivity index (χ3n) is 6.41. The fourth-order valence-electron chi connectivity index (χ4n) is 4.64. The molecule has 1 aromatic rings. The highest BCUT2D eigenvalue weighted by Crippen LogP contribution is 2.30. The van der Waals surface area contributed by atoms with Crippen LogP contribution in [0.3, 0.4) is 0 Å². The van der Waals surface area contributed by atoms with Gasteiger partial charge in [-0.05, 0) is 55.4 Å². The minimum absolute atomic E-state index is 0.0378. The molecule has 2 rings (SSSR count). The van der Waals surface area contributed by atoms with Crippen molar-refractivity contribution in [2.45, 2.75) is 91.6 Å². The van der Waals surface area contributed by atoms with Crippen molar-refractivity contribution >= 4 is 23.2 Å². The molecule has 0 unspecified atom stereocenters. The predicted molar refractivity (Wildman–Crippen MR) is 130 cm³/mol. The van der Waals surface area contributed by atoms with E-state index in [0.717, 1.165) is 42.6 Å². The highest BCUT2D eigenvalue weighted by Gasteiger charge is 2.30. The van der Waals surface area contributed by atoms with Gasteiger partial charge < -0.3 is 15.1 Å². The molecule has 2 amide bonds. The summed E-state index contributed by atoms with van der Waals surface area (Å²) in [5, 5.41) is 3.05. The minimum atomic E-state index is 0.0378. The first kappa shape index (κ1) is 25.2. The highest BCUT2D eigenvalue weighted by atomic mass is 16.2. The monoisotopic (exact) mass is 429 g/mol. The molecule has 1 aliphatic carbocycles. The van der Waals surface area contributed by atoms with Gasteiger partial charge in [0.15, 0.2) is 0 Å². The molecule has 0 heterocycles. The minimum Gasteiger partial charge on any atom is -0.377 e. The van der Waals surface area contributed by atoms with Crippen molar-refractivity contribution in [3.63, 3.8) is 0 Å². The average Bonchev–Trinajstić information content (AvgIpc) is 2.72. The zero-order valence-electron chi connectivity index (χ0n) is 20.5. The Morgan fingerprint density at radius 3 is 2.26 bits per heavy atom. The van der Waals surface area contributed by atoms with Gasteiger partial charge in [0.25, 0.3) is 0 Å². The standard InChI is InChI=1S/C26H43N3O2/c1-7-20(8-2)26(31)29(23-12-10-9-11-13-23)18-21-17-22(14-15-24(21)28(5)6)27-25(30)16-19(3)4/h14-15,17,19-20,23H,7-13,16,18H2,1-6H3,(H,27,30). The zero-order chi connectivity index (χ0) is 23.0. The number of benzene rings is 1. The van der Waals surface area contributed by atoms with E-state index in [1.54, 1.807) is 0 Å². The number of carbonyl (C=O) groups excluding carboxylic acids is 2. The largest absolute Gasteiger partial charge is 0.377 e. The van der Waals surface area contributed by atoms with Crippen molar-refractivity contribution in [3.05, 3.63) is 23.8 Å². The molecule has 5 nitrogen and oxygen atoms in total. The van der Waals surface area contributed by atoms with Gasteiger partial charge >= 0.3 is 0 Å². The van der Waals surface area contributed by atoms with Crippen molar-refractivity contribution in [2.75, 3.05) is 24.3 Å². The van der Waals surface area contributed by atoms with Crippen LogP contribution in [-0.4, -0.2) is 36.9 Å². The van der Waals surface area contributed by atoms with Gasteiger partial charge in [0.2, 0.25) is 11.8 Å². The van der Waals surface area contributed by atoms with E-state index in [0.29, 0.717) is 24.9 Å². The van der Waals surface area contributed by atoms with E-state index in [9.17, 15) is 9.59 Å². The molecule has 1 aromatic carbocycles. The Hall–Kier alpha value is -2.04. The van der Waals surface area contributed by atoms with Crippen LogP contribution in [0.5, 0.6) is 0 Å². The van der Waals surface area contributed by atoms with Crippen LogP contribution in [0.25, 0.3) is 0 Å². The summed E-state index contributed by atoms with van der Waals surface area (Å²) in [7, 11) is 4.06. The first-order chi connectivity index (χ1) is 14.8. The van der Waals surface area contributed by atoms with E-state index in [1.807, 2.05) is 34.0 Å². The summed E-state index contributed by atoms with van der Waals surface area (Å²) in [6.07, 6.45) is 8.11. The molecule has 0 aliphatic heterocycles. The van der Waals surface area contributed by atoms with Gasteiger partial charge in [-0.2, -0.15) is 0 Å². The van der Waals surface area contributed by atoms with Crippen LogP contribution in [0.2, 0.25) is 0 Å². The predicted octanol–water partition coefficient (Wildman–Crippen LogP) is 5.83. The van der Waals surface area contributed by atoms with E-state index >= 15 is 0 Å². The summed E-state index contributed by atoms with van der Waals surface area (Å²) in [6.45, 7) is 8.92. The molecule has 0 saturated heterocycles. The van der Waals surface area contributed by atoms with Gasteiger partial charge in [-0.25, -0.2) is 0 Å². The Kier molecular flexibility index (Phi) is 9.86. The molecule has 5 heteroatoms. The Labute approximate surface area is 189 Å². The lowest BCUT2D eigenvalue weighted by molar-refractivity contribution is -0.139. The van der Waals surface area contributed by atoms with Gasteiger partial charge in [0.1, 0.15) is 0 Å². The molecular weight excluding hydrogens is 386 g/mol. The SMILES string of the molecule is CCC(CC)C(=O)N(Cc1cc(NC(=O)CC(C)C)ccc1N(C)C)C1CCCCC1. The first-order valence-corrected chi connectivity index (χ1v) is 12.2. The molecule has 0 aromatic heterocycles. The normalized spacial score (nSPS) is 14.7.